The maximum absolute atomic E-state index is 5.37. The van der Waals surface area contributed by atoms with Crippen molar-refractivity contribution in [2.75, 3.05) is 38.6 Å². The molecule has 0 radical (unpaired) electrons. The molecule has 0 N–H and O–H groups in total. The first-order valence-corrected chi connectivity index (χ1v) is 8.31. The fraction of sp³-hybridized carbons (Fsp3) is 0.562. The Morgan fingerprint density at radius 2 is 1.95 bits per heavy atom. The van der Waals surface area contributed by atoms with Gasteiger partial charge in [-0.3, -0.25) is 4.90 Å². The van der Waals surface area contributed by atoms with Gasteiger partial charge < -0.3 is 4.74 Å². The maximum Gasteiger partial charge on any atom is 0.0783 e. The van der Waals surface area contributed by atoms with Gasteiger partial charge in [-0.15, -0.1) is 11.8 Å². The molecule has 20 heavy (non-hydrogen) atoms. The third-order valence-electron chi connectivity index (χ3n) is 4.06. The van der Waals surface area contributed by atoms with Gasteiger partial charge in [0.15, 0.2) is 0 Å². The van der Waals surface area contributed by atoms with Crippen LogP contribution < -0.4 is 0 Å². The summed E-state index contributed by atoms with van der Waals surface area (Å²) in [4.78, 5) is 7.25. The van der Waals surface area contributed by atoms with E-state index in [1.54, 1.807) is 0 Å². The molecule has 0 bridgehead atoms. The Balaban J connectivity index is 1.51. The fourth-order valence-electron chi connectivity index (χ4n) is 2.64. The summed E-state index contributed by atoms with van der Waals surface area (Å²) in [5.41, 5.74) is 5.29. The van der Waals surface area contributed by atoms with Crippen LogP contribution in [0.5, 0.6) is 0 Å². The third kappa shape index (κ3) is 3.25. The minimum Gasteiger partial charge on any atom is -0.379 e. The number of aliphatic imine (C=N–C) groups is 1. The highest BCUT2D eigenvalue weighted by Crippen LogP contribution is 2.32. The van der Waals surface area contributed by atoms with Crippen molar-refractivity contribution in [2.45, 2.75) is 20.3 Å². The van der Waals surface area contributed by atoms with Gasteiger partial charge in [-0.1, -0.05) is 6.07 Å². The molecule has 0 atom stereocenters. The Labute approximate surface area is 125 Å². The van der Waals surface area contributed by atoms with E-state index in [1.807, 2.05) is 11.8 Å². The predicted octanol–water partition coefficient (Wildman–Crippen LogP) is 2.95. The SMILES string of the molecule is Cc1cc2c(cc1C)N=C(SCCN1CCOCC1)C2. The standard InChI is InChI=1S/C16H22N2OS/c1-12-9-14-11-16(17-15(14)10-13(12)2)20-8-5-18-3-6-19-7-4-18/h9-10H,3-8,11H2,1-2H3. The molecule has 2 heterocycles. The minimum absolute atomic E-state index is 0.885. The zero-order valence-corrected chi connectivity index (χ0v) is 13.1. The largest absolute Gasteiger partial charge is 0.379 e. The topological polar surface area (TPSA) is 24.8 Å². The summed E-state index contributed by atoms with van der Waals surface area (Å²) in [6.45, 7) is 9.40. The first-order chi connectivity index (χ1) is 9.72. The van der Waals surface area contributed by atoms with Gasteiger partial charge >= 0.3 is 0 Å². The van der Waals surface area contributed by atoms with Crippen LogP contribution in [0.1, 0.15) is 16.7 Å². The lowest BCUT2D eigenvalue weighted by Gasteiger charge is -2.26. The monoisotopic (exact) mass is 290 g/mol. The summed E-state index contributed by atoms with van der Waals surface area (Å²) in [6, 6.07) is 4.52. The summed E-state index contributed by atoms with van der Waals surface area (Å²) < 4.78 is 5.37. The molecule has 2 aliphatic heterocycles. The zero-order valence-electron chi connectivity index (χ0n) is 12.3. The van der Waals surface area contributed by atoms with Crippen molar-refractivity contribution >= 4 is 22.5 Å². The highest BCUT2D eigenvalue weighted by atomic mass is 32.2. The van der Waals surface area contributed by atoms with Crippen molar-refractivity contribution in [1.29, 1.82) is 0 Å². The fourth-order valence-corrected chi connectivity index (χ4v) is 3.65. The lowest BCUT2D eigenvalue weighted by molar-refractivity contribution is 0.0410. The van der Waals surface area contributed by atoms with Crippen LogP contribution in [0.2, 0.25) is 0 Å². The van der Waals surface area contributed by atoms with Crippen LogP contribution in [0.25, 0.3) is 0 Å². The molecule has 1 aromatic rings. The molecule has 1 fully saturated rings. The summed E-state index contributed by atoms with van der Waals surface area (Å²) in [5.74, 6) is 1.13. The number of fused-ring (bicyclic) bond motifs is 1. The van der Waals surface area contributed by atoms with Crippen LogP contribution in [0.15, 0.2) is 17.1 Å². The van der Waals surface area contributed by atoms with Crippen LogP contribution in [-0.2, 0) is 11.2 Å². The van der Waals surface area contributed by atoms with Crippen molar-refractivity contribution in [1.82, 2.24) is 4.90 Å². The van der Waals surface area contributed by atoms with Crippen molar-refractivity contribution in [2.24, 2.45) is 4.99 Å². The van der Waals surface area contributed by atoms with Crippen LogP contribution in [0.4, 0.5) is 5.69 Å². The molecule has 2 aliphatic rings. The molecule has 0 spiro atoms. The molecule has 3 rings (SSSR count). The lowest BCUT2D eigenvalue weighted by atomic mass is 10.0. The van der Waals surface area contributed by atoms with Crippen molar-refractivity contribution < 1.29 is 4.74 Å². The van der Waals surface area contributed by atoms with Gasteiger partial charge in [0.05, 0.1) is 23.9 Å². The number of aryl methyl sites for hydroxylation is 2. The van der Waals surface area contributed by atoms with E-state index in [2.05, 4.69) is 30.9 Å². The van der Waals surface area contributed by atoms with Crippen LogP contribution in [0, 0.1) is 13.8 Å². The third-order valence-corrected chi connectivity index (χ3v) is 5.02. The first-order valence-electron chi connectivity index (χ1n) is 7.33. The van der Waals surface area contributed by atoms with E-state index in [0.717, 1.165) is 45.0 Å². The summed E-state index contributed by atoms with van der Waals surface area (Å²) in [7, 11) is 0. The van der Waals surface area contributed by atoms with E-state index in [9.17, 15) is 0 Å². The number of ether oxygens (including phenoxy) is 1. The Hall–Kier alpha value is -0.840. The van der Waals surface area contributed by atoms with Crippen molar-refractivity contribution in [3.8, 4) is 0 Å². The van der Waals surface area contributed by atoms with E-state index in [-0.39, 0.29) is 0 Å². The molecule has 1 saturated heterocycles. The molecule has 4 heteroatoms. The van der Waals surface area contributed by atoms with Gasteiger partial charge in [0.1, 0.15) is 0 Å². The summed E-state index contributed by atoms with van der Waals surface area (Å²) in [6.07, 6.45) is 1.02. The van der Waals surface area contributed by atoms with Crippen LogP contribution >= 0.6 is 11.8 Å². The van der Waals surface area contributed by atoms with E-state index < -0.39 is 0 Å². The Morgan fingerprint density at radius 1 is 1.20 bits per heavy atom. The van der Waals surface area contributed by atoms with Crippen LogP contribution in [0.3, 0.4) is 0 Å². The van der Waals surface area contributed by atoms with Crippen LogP contribution in [-0.4, -0.2) is 48.5 Å². The van der Waals surface area contributed by atoms with E-state index >= 15 is 0 Å². The molecule has 0 amide bonds. The second-order valence-corrected chi connectivity index (χ2v) is 6.72. The summed E-state index contributed by atoms with van der Waals surface area (Å²) >= 11 is 1.91. The van der Waals surface area contributed by atoms with E-state index in [4.69, 9.17) is 9.73 Å². The molecular weight excluding hydrogens is 268 g/mol. The number of hydrogen-bond acceptors (Lipinski definition) is 4. The van der Waals surface area contributed by atoms with Gasteiger partial charge in [-0.2, -0.15) is 0 Å². The number of nitrogens with zero attached hydrogens (tertiary/aromatic N) is 2. The molecular formula is C16H22N2OS. The molecule has 0 aromatic heterocycles. The van der Waals surface area contributed by atoms with Gasteiger partial charge in [-0.25, -0.2) is 4.99 Å². The highest BCUT2D eigenvalue weighted by Gasteiger charge is 2.17. The van der Waals surface area contributed by atoms with Crippen molar-refractivity contribution in [3.05, 3.63) is 28.8 Å². The predicted molar refractivity (Wildman–Crippen MR) is 86.4 cm³/mol. The smallest absolute Gasteiger partial charge is 0.0783 e. The Morgan fingerprint density at radius 3 is 2.75 bits per heavy atom. The first kappa shape index (κ1) is 14.1. The number of morpholine rings is 1. The van der Waals surface area contributed by atoms with E-state index in [0.29, 0.717) is 0 Å². The Bertz CT molecular complexity index is 521. The van der Waals surface area contributed by atoms with Gasteiger partial charge in [0, 0.05) is 31.8 Å². The average molecular weight is 290 g/mol. The Kier molecular flexibility index (Phi) is 4.44. The quantitative estimate of drug-likeness (QED) is 0.855. The second kappa shape index (κ2) is 6.29. The van der Waals surface area contributed by atoms with E-state index in [1.165, 1.54) is 27.4 Å². The number of rotatable bonds is 3. The lowest BCUT2D eigenvalue weighted by Crippen LogP contribution is -2.37. The summed E-state index contributed by atoms with van der Waals surface area (Å²) in [5, 5.41) is 1.28. The van der Waals surface area contributed by atoms with Gasteiger partial charge in [0.25, 0.3) is 0 Å². The average Bonchev–Trinajstić information content (AvgIpc) is 2.82. The molecule has 0 saturated carbocycles. The number of hydrogen-bond donors (Lipinski definition) is 0. The zero-order chi connectivity index (χ0) is 13.9. The normalized spacial score (nSPS) is 19.0. The highest BCUT2D eigenvalue weighted by molar-refractivity contribution is 8.14. The molecule has 0 unspecified atom stereocenters. The molecule has 0 aliphatic carbocycles. The maximum atomic E-state index is 5.37. The molecule has 1 aromatic carbocycles. The molecule has 108 valence electrons. The minimum atomic E-state index is 0.885. The number of benzene rings is 1. The van der Waals surface area contributed by atoms with Gasteiger partial charge in [0.2, 0.25) is 0 Å². The number of thioether (sulfide) groups is 1. The van der Waals surface area contributed by atoms with Crippen molar-refractivity contribution in [3.63, 3.8) is 0 Å². The molecule has 3 nitrogen and oxygen atoms in total. The second-order valence-electron chi connectivity index (χ2n) is 5.55. The van der Waals surface area contributed by atoms with Gasteiger partial charge in [-0.05, 0) is 36.6 Å².